The van der Waals surface area contributed by atoms with E-state index in [1.165, 1.54) is 36.9 Å². The molecule has 0 fully saturated rings. The van der Waals surface area contributed by atoms with Gasteiger partial charge in [-0.05, 0) is 56.4 Å². The Balaban J connectivity index is 2.10. The molecule has 2 amide bonds. The molecule has 1 aliphatic carbocycles. The molecule has 0 saturated heterocycles. The third-order valence-electron chi connectivity index (χ3n) is 4.02. The number of carbonyl (C=O) groups excluding carboxylic acids is 1. The zero-order chi connectivity index (χ0) is 14.9. The van der Waals surface area contributed by atoms with Crippen molar-refractivity contribution in [3.63, 3.8) is 0 Å². The van der Waals surface area contributed by atoms with Crippen LogP contribution < -0.4 is 5.32 Å². The van der Waals surface area contributed by atoms with Gasteiger partial charge in [0.15, 0.2) is 0 Å². The highest BCUT2D eigenvalue weighted by Crippen LogP contribution is 2.25. The SMILES string of the molecule is CN(C(=O)Nc1ccc2c(c1)CCC2)C(C)(C)C(=O)O. The van der Waals surface area contributed by atoms with Gasteiger partial charge >= 0.3 is 12.0 Å². The van der Waals surface area contributed by atoms with Crippen molar-refractivity contribution < 1.29 is 14.7 Å². The molecule has 0 radical (unpaired) electrons. The topological polar surface area (TPSA) is 69.6 Å². The lowest BCUT2D eigenvalue weighted by Crippen LogP contribution is -2.52. The average molecular weight is 276 g/mol. The van der Waals surface area contributed by atoms with E-state index in [-0.39, 0.29) is 0 Å². The molecule has 1 aromatic carbocycles. The first kappa shape index (κ1) is 14.4. The van der Waals surface area contributed by atoms with Gasteiger partial charge in [0, 0.05) is 12.7 Å². The number of hydrogen-bond donors (Lipinski definition) is 2. The predicted octanol–water partition coefficient (Wildman–Crippen LogP) is 2.50. The molecule has 0 bridgehead atoms. The molecular formula is C15H20N2O3. The van der Waals surface area contributed by atoms with E-state index in [4.69, 9.17) is 5.11 Å². The van der Waals surface area contributed by atoms with Crippen molar-refractivity contribution in [1.29, 1.82) is 0 Å². The van der Waals surface area contributed by atoms with Gasteiger partial charge in [-0.3, -0.25) is 0 Å². The summed E-state index contributed by atoms with van der Waals surface area (Å²) in [6.45, 7) is 3.00. The number of carbonyl (C=O) groups is 2. The second-order valence-electron chi connectivity index (χ2n) is 5.69. The fourth-order valence-corrected chi connectivity index (χ4v) is 2.25. The van der Waals surface area contributed by atoms with Gasteiger partial charge in [-0.2, -0.15) is 0 Å². The Bertz CT molecular complexity index is 552. The maximum Gasteiger partial charge on any atom is 0.329 e. The summed E-state index contributed by atoms with van der Waals surface area (Å²) in [4.78, 5) is 24.5. The van der Waals surface area contributed by atoms with E-state index in [1.54, 1.807) is 0 Å². The summed E-state index contributed by atoms with van der Waals surface area (Å²) in [6.07, 6.45) is 3.28. The van der Waals surface area contributed by atoms with Crippen molar-refractivity contribution in [3.8, 4) is 0 Å². The van der Waals surface area contributed by atoms with Crippen LogP contribution in [-0.2, 0) is 17.6 Å². The summed E-state index contributed by atoms with van der Waals surface area (Å²) in [5, 5.41) is 11.9. The van der Waals surface area contributed by atoms with Gasteiger partial charge in [-0.15, -0.1) is 0 Å². The summed E-state index contributed by atoms with van der Waals surface area (Å²) in [5.74, 6) is -1.04. The largest absolute Gasteiger partial charge is 0.480 e. The second-order valence-corrected chi connectivity index (χ2v) is 5.69. The highest BCUT2D eigenvalue weighted by Gasteiger charge is 2.35. The zero-order valence-corrected chi connectivity index (χ0v) is 12.1. The fourth-order valence-electron chi connectivity index (χ4n) is 2.25. The number of aliphatic carboxylic acids is 1. The lowest BCUT2D eigenvalue weighted by Gasteiger charge is -2.31. The van der Waals surface area contributed by atoms with Crippen LogP contribution in [0.15, 0.2) is 18.2 Å². The molecule has 2 rings (SSSR count). The Kier molecular flexibility index (Phi) is 3.70. The van der Waals surface area contributed by atoms with E-state index < -0.39 is 17.5 Å². The van der Waals surface area contributed by atoms with E-state index in [0.717, 1.165) is 19.3 Å². The van der Waals surface area contributed by atoms with Gasteiger partial charge in [-0.1, -0.05) is 6.07 Å². The maximum atomic E-state index is 12.1. The third-order valence-corrected chi connectivity index (χ3v) is 4.02. The number of likely N-dealkylation sites (N-methyl/N-ethyl adjacent to an activating group) is 1. The van der Waals surface area contributed by atoms with Crippen molar-refractivity contribution in [2.75, 3.05) is 12.4 Å². The number of fused-ring (bicyclic) bond motifs is 1. The van der Waals surface area contributed by atoms with Crippen LogP contribution in [-0.4, -0.2) is 34.6 Å². The Morgan fingerprint density at radius 2 is 1.90 bits per heavy atom. The van der Waals surface area contributed by atoms with Crippen LogP contribution in [0.4, 0.5) is 10.5 Å². The van der Waals surface area contributed by atoms with E-state index in [2.05, 4.69) is 5.32 Å². The molecule has 5 nitrogen and oxygen atoms in total. The number of amides is 2. The van der Waals surface area contributed by atoms with Crippen LogP contribution >= 0.6 is 0 Å². The van der Waals surface area contributed by atoms with Crippen LogP contribution in [0.1, 0.15) is 31.4 Å². The summed E-state index contributed by atoms with van der Waals surface area (Å²) in [5.41, 5.74) is 2.06. The molecule has 0 aliphatic heterocycles. The molecule has 20 heavy (non-hydrogen) atoms. The molecule has 0 spiro atoms. The lowest BCUT2D eigenvalue weighted by molar-refractivity contribution is -0.146. The first-order valence-corrected chi connectivity index (χ1v) is 6.72. The monoisotopic (exact) mass is 276 g/mol. The number of anilines is 1. The van der Waals surface area contributed by atoms with E-state index in [9.17, 15) is 9.59 Å². The number of carboxylic acid groups (broad SMARTS) is 1. The smallest absolute Gasteiger partial charge is 0.329 e. The quantitative estimate of drug-likeness (QED) is 0.891. The van der Waals surface area contributed by atoms with Crippen LogP contribution in [0.5, 0.6) is 0 Å². The van der Waals surface area contributed by atoms with Gasteiger partial charge in [0.05, 0.1) is 0 Å². The highest BCUT2D eigenvalue weighted by molar-refractivity contribution is 5.93. The number of urea groups is 1. The van der Waals surface area contributed by atoms with Crippen molar-refractivity contribution >= 4 is 17.7 Å². The minimum Gasteiger partial charge on any atom is -0.480 e. The van der Waals surface area contributed by atoms with Crippen molar-refractivity contribution in [1.82, 2.24) is 4.90 Å². The van der Waals surface area contributed by atoms with Gasteiger partial charge in [0.2, 0.25) is 0 Å². The molecule has 0 aromatic heterocycles. The Labute approximate surface area is 118 Å². The van der Waals surface area contributed by atoms with Crippen molar-refractivity contribution in [2.45, 2.75) is 38.6 Å². The van der Waals surface area contributed by atoms with Crippen LogP contribution in [0.25, 0.3) is 0 Å². The van der Waals surface area contributed by atoms with Gasteiger partial charge in [0.25, 0.3) is 0 Å². The molecule has 108 valence electrons. The number of rotatable bonds is 3. The van der Waals surface area contributed by atoms with Gasteiger partial charge in [0.1, 0.15) is 5.54 Å². The highest BCUT2D eigenvalue weighted by atomic mass is 16.4. The summed E-state index contributed by atoms with van der Waals surface area (Å²) in [7, 11) is 1.48. The molecule has 0 unspecified atom stereocenters. The molecule has 5 heteroatoms. The number of hydrogen-bond acceptors (Lipinski definition) is 2. The lowest BCUT2D eigenvalue weighted by atomic mass is 10.0. The van der Waals surface area contributed by atoms with E-state index in [1.807, 2.05) is 18.2 Å². The minimum atomic E-state index is -1.25. The third kappa shape index (κ3) is 2.61. The molecule has 0 saturated carbocycles. The summed E-state index contributed by atoms with van der Waals surface area (Å²) in [6, 6.07) is 5.45. The zero-order valence-electron chi connectivity index (χ0n) is 12.1. The number of nitrogens with zero attached hydrogens (tertiary/aromatic N) is 1. The number of benzene rings is 1. The van der Waals surface area contributed by atoms with E-state index in [0.29, 0.717) is 5.69 Å². The Morgan fingerprint density at radius 1 is 1.25 bits per heavy atom. The molecule has 2 N–H and O–H groups in total. The minimum absolute atomic E-state index is 0.421. The van der Waals surface area contributed by atoms with Gasteiger partial charge < -0.3 is 15.3 Å². The second kappa shape index (κ2) is 5.15. The van der Waals surface area contributed by atoms with Crippen molar-refractivity contribution in [2.24, 2.45) is 0 Å². The Morgan fingerprint density at radius 3 is 2.55 bits per heavy atom. The standard InChI is InChI=1S/C15H20N2O3/c1-15(2,13(18)19)17(3)14(20)16-12-8-7-10-5-4-6-11(10)9-12/h7-9H,4-6H2,1-3H3,(H,16,20)(H,18,19). The average Bonchev–Trinajstić information content (AvgIpc) is 2.84. The normalized spacial score (nSPS) is 13.8. The predicted molar refractivity (Wildman–Crippen MR) is 77.0 cm³/mol. The van der Waals surface area contributed by atoms with Crippen LogP contribution in [0, 0.1) is 0 Å². The molecule has 0 atom stereocenters. The summed E-state index contributed by atoms with van der Waals surface area (Å²) >= 11 is 0. The number of aryl methyl sites for hydroxylation is 2. The summed E-state index contributed by atoms with van der Waals surface area (Å²) < 4.78 is 0. The van der Waals surface area contributed by atoms with Crippen LogP contribution in [0.3, 0.4) is 0 Å². The Hall–Kier alpha value is -2.04. The van der Waals surface area contributed by atoms with Gasteiger partial charge in [-0.25, -0.2) is 9.59 Å². The van der Waals surface area contributed by atoms with Crippen molar-refractivity contribution in [3.05, 3.63) is 29.3 Å². The maximum absolute atomic E-state index is 12.1. The molecular weight excluding hydrogens is 256 g/mol. The molecule has 1 aromatic rings. The van der Waals surface area contributed by atoms with E-state index >= 15 is 0 Å². The molecule has 1 aliphatic rings. The number of carboxylic acids is 1. The van der Waals surface area contributed by atoms with Crippen LogP contribution in [0.2, 0.25) is 0 Å². The fraction of sp³-hybridized carbons (Fsp3) is 0.467. The first-order valence-electron chi connectivity index (χ1n) is 6.72. The number of nitrogens with one attached hydrogen (secondary N) is 1. The molecule has 0 heterocycles. The first-order chi connectivity index (χ1) is 9.32.